The molecule has 0 saturated carbocycles. The van der Waals surface area contributed by atoms with Crippen molar-refractivity contribution in [3.8, 4) is 0 Å². The van der Waals surface area contributed by atoms with Gasteiger partial charge in [-0.3, -0.25) is 0 Å². The summed E-state index contributed by atoms with van der Waals surface area (Å²) in [5, 5.41) is 0. The Bertz CT molecular complexity index is 4890. The van der Waals surface area contributed by atoms with Gasteiger partial charge in [-0.05, 0) is 43.9 Å². The predicted molar refractivity (Wildman–Crippen MR) is 455 cm³/mol. The quantitative estimate of drug-likeness (QED) is 0.0624. The summed E-state index contributed by atoms with van der Waals surface area (Å²) in [6.07, 6.45) is 0. The van der Waals surface area contributed by atoms with Gasteiger partial charge in [0.05, 0.1) is 0 Å². The Hall–Kier alpha value is -12.2. The van der Waals surface area contributed by atoms with Crippen LogP contribution in [0.1, 0.15) is 172 Å². The lowest BCUT2D eigenvalue weighted by molar-refractivity contribution is -0.387. The summed E-state index contributed by atoms with van der Waals surface area (Å²) < 4.78 is 0. The Kier molecular flexibility index (Phi) is 20.6. The maximum Gasteiger partial charge on any atom is 0.263 e. The molecule has 0 N–H and O–H groups in total. The largest absolute Gasteiger partial charge is 0.263 e. The minimum absolute atomic E-state index is 0.00170. The van der Waals surface area contributed by atoms with E-state index < -0.39 is 22.9 Å². The highest BCUT2D eigenvalue weighted by molar-refractivity contribution is 6.23. The molecule has 0 bridgehead atoms. The van der Waals surface area contributed by atoms with Crippen molar-refractivity contribution < 1.29 is 19.6 Å². The van der Waals surface area contributed by atoms with Crippen LogP contribution < -0.4 is 0 Å². The van der Waals surface area contributed by atoms with Crippen LogP contribution in [-0.4, -0.2) is 46.2 Å². The van der Waals surface area contributed by atoms with Gasteiger partial charge in [-0.25, -0.2) is 39.9 Å². The van der Waals surface area contributed by atoms with Gasteiger partial charge in [-0.15, -0.1) is 0 Å². The van der Waals surface area contributed by atoms with Crippen LogP contribution in [0.15, 0.2) is 380 Å². The predicted octanol–water partition coefficient (Wildman–Crippen LogP) is 22.3. The molecule has 0 aliphatic carbocycles. The van der Waals surface area contributed by atoms with Crippen molar-refractivity contribution in [1.29, 1.82) is 0 Å². The molecule has 556 valence electrons. The average molecular weight is 1470 g/mol. The fraction of sp³-hybridized carbons (Fsp3) is 0.200. The summed E-state index contributed by atoms with van der Waals surface area (Å²) >= 11 is 0. The van der Waals surface area contributed by atoms with E-state index in [-0.39, 0.29) is 21.7 Å². The number of amidine groups is 4. The van der Waals surface area contributed by atoms with Crippen LogP contribution >= 0.6 is 0 Å². The molecule has 12 heteroatoms. The molecule has 4 atom stereocenters. The molecular formula is C100H92N8O4. The molecule has 0 radical (unpaired) electrons. The minimum Gasteiger partial charge on any atom is -0.227 e. The van der Waals surface area contributed by atoms with E-state index in [0.29, 0.717) is 46.2 Å². The monoisotopic (exact) mass is 1470 g/mol. The standard InChI is InChI=1S/2C50H46N4O2/c2*1-47(2,3)39-31-27-37(28-32-39)45-51-43(35-19-11-7-12-20-35)49(53-45,41-23-15-9-16-24-41)55-56-50(42-25-17-10-18-26-42)44(36-21-13-8-14-22-36)52-46(54-50)38-29-33-40(34-30-38)48(4,5)6/h2*7-34H,1-6H3/t2*49-,50+. The van der Waals surface area contributed by atoms with Crippen molar-refractivity contribution in [1.82, 2.24) is 0 Å². The first-order valence-corrected chi connectivity index (χ1v) is 38.3. The Morgan fingerprint density at radius 1 is 0.179 bits per heavy atom. The van der Waals surface area contributed by atoms with Gasteiger partial charge >= 0.3 is 0 Å². The maximum atomic E-state index is 7.01. The van der Waals surface area contributed by atoms with Crippen molar-refractivity contribution >= 4 is 46.2 Å². The molecule has 0 aromatic heterocycles. The van der Waals surface area contributed by atoms with E-state index in [9.17, 15) is 0 Å². The van der Waals surface area contributed by atoms with Gasteiger partial charge in [0.25, 0.3) is 22.9 Å². The summed E-state index contributed by atoms with van der Waals surface area (Å²) in [7, 11) is 0. The summed E-state index contributed by atoms with van der Waals surface area (Å²) in [6.45, 7) is 26.5. The van der Waals surface area contributed by atoms with Crippen LogP contribution in [0.4, 0.5) is 0 Å². The van der Waals surface area contributed by atoms with Crippen LogP contribution in [0.2, 0.25) is 0 Å². The SMILES string of the molecule is CC(C)(C)c1ccc(C2=N[C@@](OO[C@]3(c4ccccc4)N=C(c4ccc(C(C)(C)C)cc4)N=C3c3ccccc3)(c3ccccc3)C(c3ccccc3)=N2)cc1.CC(C)(C)c1ccc(C2=N[C@@](OO[C@]3(c4ccccc4)N=C(c4ccc(C(C)(C)C)cc4)N=C3c3ccccc3)(c3ccccc3)C(c3ccccc3)=N2)cc1. The second kappa shape index (κ2) is 30.6. The van der Waals surface area contributed by atoms with Crippen molar-refractivity contribution in [3.63, 3.8) is 0 Å². The van der Waals surface area contributed by atoms with E-state index >= 15 is 0 Å². The molecule has 4 aliphatic heterocycles. The Labute approximate surface area is 658 Å². The average Bonchev–Trinajstić information content (AvgIpc) is 1.56. The van der Waals surface area contributed by atoms with Crippen LogP contribution in [0.5, 0.6) is 0 Å². The number of nitrogens with zero attached hydrogens (tertiary/aromatic N) is 8. The molecule has 0 spiro atoms. The molecule has 4 aliphatic rings. The third-order valence-electron chi connectivity index (χ3n) is 20.7. The van der Waals surface area contributed by atoms with E-state index in [1.807, 2.05) is 243 Å². The lowest BCUT2D eigenvalue weighted by atomic mass is 9.86. The number of benzene rings is 12. The zero-order valence-corrected chi connectivity index (χ0v) is 65.5. The molecule has 0 fully saturated rings. The fourth-order valence-electron chi connectivity index (χ4n) is 14.2. The molecule has 4 heterocycles. The van der Waals surface area contributed by atoms with E-state index in [1.54, 1.807) is 0 Å². The van der Waals surface area contributed by atoms with Crippen LogP contribution in [0.25, 0.3) is 0 Å². The zero-order valence-electron chi connectivity index (χ0n) is 65.5. The van der Waals surface area contributed by atoms with Gasteiger partial charge in [0, 0.05) is 66.8 Å². The van der Waals surface area contributed by atoms with Crippen LogP contribution in [-0.2, 0) is 64.1 Å². The third kappa shape index (κ3) is 15.2. The van der Waals surface area contributed by atoms with Gasteiger partial charge in [0.1, 0.15) is 22.8 Å². The molecule has 0 saturated heterocycles. The normalized spacial score (nSPS) is 19.6. The molecule has 0 unspecified atom stereocenters. The van der Waals surface area contributed by atoms with E-state index in [1.165, 1.54) is 22.3 Å². The van der Waals surface area contributed by atoms with Gasteiger partial charge < -0.3 is 0 Å². The molecule has 16 rings (SSSR count). The first-order valence-electron chi connectivity index (χ1n) is 38.3. The van der Waals surface area contributed by atoms with Gasteiger partial charge in [0.2, 0.25) is 0 Å². The van der Waals surface area contributed by atoms with Crippen LogP contribution in [0, 0.1) is 0 Å². The topological polar surface area (TPSA) is 136 Å². The summed E-state index contributed by atoms with van der Waals surface area (Å²) in [5.41, 5.74) is 11.1. The number of aliphatic imine (C=N–C) groups is 8. The van der Waals surface area contributed by atoms with Crippen molar-refractivity contribution in [3.05, 3.63) is 429 Å². The van der Waals surface area contributed by atoms with Crippen molar-refractivity contribution in [2.45, 2.75) is 128 Å². The van der Waals surface area contributed by atoms with E-state index in [0.717, 1.165) is 66.8 Å². The zero-order chi connectivity index (χ0) is 77.9. The highest BCUT2D eigenvalue weighted by Gasteiger charge is 2.54. The number of rotatable bonds is 18. The first kappa shape index (κ1) is 75.3. The lowest BCUT2D eigenvalue weighted by Gasteiger charge is -2.33. The Balaban J connectivity index is 0.000000177. The summed E-state index contributed by atoms with van der Waals surface area (Å²) in [5.74, 6) is 2.16. The molecular weight excluding hydrogens is 1380 g/mol. The van der Waals surface area contributed by atoms with Crippen molar-refractivity contribution in [2.24, 2.45) is 39.9 Å². The number of hydrogen-bond acceptors (Lipinski definition) is 12. The fourth-order valence-corrected chi connectivity index (χ4v) is 14.2. The molecule has 12 aromatic carbocycles. The molecule has 12 aromatic rings. The van der Waals surface area contributed by atoms with E-state index in [4.69, 9.17) is 59.5 Å². The Morgan fingerprint density at radius 2 is 0.330 bits per heavy atom. The third-order valence-corrected chi connectivity index (χ3v) is 20.7. The van der Waals surface area contributed by atoms with Gasteiger partial charge in [-0.2, -0.15) is 19.6 Å². The molecule has 112 heavy (non-hydrogen) atoms. The second-order valence-corrected chi connectivity index (χ2v) is 32.7. The van der Waals surface area contributed by atoms with Crippen LogP contribution in [0.3, 0.4) is 0 Å². The summed E-state index contributed by atoms with van der Waals surface area (Å²) in [4.78, 5) is 70.6. The van der Waals surface area contributed by atoms with Gasteiger partial charge in [0.15, 0.2) is 23.3 Å². The first-order chi connectivity index (χ1) is 53.9. The highest BCUT2D eigenvalue weighted by Crippen LogP contribution is 2.47. The Morgan fingerprint density at radius 3 is 0.482 bits per heavy atom. The van der Waals surface area contributed by atoms with Gasteiger partial charge in [-0.1, -0.05) is 423 Å². The second-order valence-electron chi connectivity index (χ2n) is 32.7. The lowest BCUT2D eigenvalue weighted by Crippen LogP contribution is -2.42. The highest BCUT2D eigenvalue weighted by atomic mass is 17.2. The molecule has 12 nitrogen and oxygen atoms in total. The van der Waals surface area contributed by atoms with E-state index in [2.05, 4.69) is 180 Å². The summed E-state index contributed by atoms with van der Waals surface area (Å²) in [6, 6.07) is 114. The number of hydrogen-bond donors (Lipinski definition) is 0. The minimum atomic E-state index is -1.52. The smallest absolute Gasteiger partial charge is 0.227 e. The molecule has 0 amide bonds. The van der Waals surface area contributed by atoms with Crippen molar-refractivity contribution in [2.75, 3.05) is 0 Å². The maximum absolute atomic E-state index is 7.01.